The van der Waals surface area contributed by atoms with Crippen LogP contribution in [0.2, 0.25) is 0 Å². The van der Waals surface area contributed by atoms with Gasteiger partial charge in [-0.05, 0) is 64.2 Å². The second-order valence-corrected chi connectivity index (χ2v) is 5.74. The van der Waals surface area contributed by atoms with E-state index >= 15 is 0 Å². The third-order valence-electron chi connectivity index (χ3n) is 3.77. The molecular weight excluding hydrogens is 228 g/mol. The van der Waals surface area contributed by atoms with Crippen molar-refractivity contribution in [2.24, 2.45) is 5.92 Å². The van der Waals surface area contributed by atoms with Crippen LogP contribution < -0.4 is 5.32 Å². The average molecular weight is 256 g/mol. The van der Waals surface area contributed by atoms with Crippen molar-refractivity contribution in [1.29, 1.82) is 0 Å². The molecule has 0 spiro atoms. The number of hydrogen-bond acceptors (Lipinski definition) is 4. The van der Waals surface area contributed by atoms with Crippen molar-refractivity contribution in [3.8, 4) is 0 Å². The summed E-state index contributed by atoms with van der Waals surface area (Å²) < 4.78 is 5.46. The Kier molecular flexibility index (Phi) is 6.41. The fraction of sp³-hybridized carbons (Fsp3) is 1.00. The maximum Gasteiger partial charge on any atom is 0.0897 e. The smallest absolute Gasteiger partial charge is 0.0897 e. The summed E-state index contributed by atoms with van der Waals surface area (Å²) in [5.41, 5.74) is 0. The first-order chi connectivity index (χ1) is 8.84. The van der Waals surface area contributed by atoms with E-state index in [2.05, 4.69) is 10.2 Å². The van der Waals surface area contributed by atoms with Crippen LogP contribution in [0, 0.1) is 5.92 Å². The maximum absolute atomic E-state index is 9.70. The minimum atomic E-state index is -0.351. The van der Waals surface area contributed by atoms with Gasteiger partial charge in [-0.2, -0.15) is 0 Å². The molecule has 0 radical (unpaired) electrons. The van der Waals surface area contributed by atoms with Crippen LogP contribution in [0.4, 0.5) is 0 Å². The lowest BCUT2D eigenvalue weighted by Crippen LogP contribution is -2.32. The van der Waals surface area contributed by atoms with Gasteiger partial charge in [0.15, 0.2) is 0 Å². The normalized spacial score (nSPS) is 22.5. The van der Waals surface area contributed by atoms with Crippen LogP contribution in [0.5, 0.6) is 0 Å². The van der Waals surface area contributed by atoms with Crippen LogP contribution >= 0.6 is 0 Å². The third-order valence-corrected chi connectivity index (χ3v) is 3.77. The first-order valence-corrected chi connectivity index (χ1v) is 7.53. The summed E-state index contributed by atoms with van der Waals surface area (Å²) in [7, 11) is 0. The molecule has 1 unspecified atom stereocenters. The molecule has 1 saturated carbocycles. The van der Waals surface area contributed by atoms with Gasteiger partial charge >= 0.3 is 0 Å². The average Bonchev–Trinajstić information content (AvgIpc) is 3.03. The van der Waals surface area contributed by atoms with Gasteiger partial charge < -0.3 is 20.1 Å². The van der Waals surface area contributed by atoms with Gasteiger partial charge in [-0.1, -0.05) is 0 Å². The van der Waals surface area contributed by atoms with E-state index in [0.29, 0.717) is 13.2 Å². The Morgan fingerprint density at radius 3 is 2.78 bits per heavy atom. The molecule has 106 valence electrons. The molecule has 1 atom stereocenters. The fourth-order valence-corrected chi connectivity index (χ4v) is 2.42. The number of ether oxygens (including phenoxy) is 1. The Hall–Kier alpha value is -0.160. The Balaban J connectivity index is 1.35. The van der Waals surface area contributed by atoms with E-state index in [1.165, 1.54) is 51.7 Å². The van der Waals surface area contributed by atoms with Crippen molar-refractivity contribution in [2.75, 3.05) is 45.9 Å². The Morgan fingerprint density at radius 2 is 2.06 bits per heavy atom. The van der Waals surface area contributed by atoms with Gasteiger partial charge in [-0.15, -0.1) is 0 Å². The summed E-state index contributed by atoms with van der Waals surface area (Å²) in [4.78, 5) is 2.52. The molecule has 2 aliphatic rings. The maximum atomic E-state index is 9.70. The van der Waals surface area contributed by atoms with E-state index in [1.807, 2.05) is 0 Å². The molecule has 4 heteroatoms. The highest BCUT2D eigenvalue weighted by Gasteiger charge is 2.21. The van der Waals surface area contributed by atoms with Gasteiger partial charge in [-0.3, -0.25) is 0 Å². The Morgan fingerprint density at radius 1 is 1.28 bits per heavy atom. The molecule has 0 aromatic carbocycles. The molecule has 1 heterocycles. The zero-order chi connectivity index (χ0) is 12.6. The number of nitrogens with one attached hydrogen (secondary N) is 1. The monoisotopic (exact) mass is 256 g/mol. The lowest BCUT2D eigenvalue weighted by molar-refractivity contribution is 0.0326. The molecule has 2 N–H and O–H groups in total. The Bertz CT molecular complexity index is 216. The lowest BCUT2D eigenvalue weighted by atomic mass is 10.3. The predicted octanol–water partition coefficient (Wildman–Crippen LogP) is 0.849. The van der Waals surface area contributed by atoms with Crippen LogP contribution in [0.1, 0.15) is 32.1 Å². The number of nitrogens with zero attached hydrogens (tertiary/aromatic N) is 1. The van der Waals surface area contributed by atoms with Crippen molar-refractivity contribution >= 4 is 0 Å². The third kappa shape index (κ3) is 6.14. The van der Waals surface area contributed by atoms with E-state index < -0.39 is 0 Å². The molecule has 1 aliphatic heterocycles. The zero-order valence-electron chi connectivity index (χ0n) is 11.4. The molecule has 0 aromatic heterocycles. The zero-order valence-corrected chi connectivity index (χ0v) is 11.4. The molecule has 2 rings (SSSR count). The van der Waals surface area contributed by atoms with Crippen LogP contribution in [0.3, 0.4) is 0 Å². The van der Waals surface area contributed by atoms with Gasteiger partial charge in [0.25, 0.3) is 0 Å². The van der Waals surface area contributed by atoms with E-state index in [0.717, 1.165) is 19.1 Å². The molecule has 0 amide bonds. The minimum Gasteiger partial charge on any atom is -0.389 e. The SMILES string of the molecule is OC(CNCCCN1CCCC1)COCC1CC1. The molecule has 1 aliphatic carbocycles. The highest BCUT2D eigenvalue weighted by molar-refractivity contribution is 4.72. The molecule has 4 nitrogen and oxygen atoms in total. The molecule has 0 aromatic rings. The van der Waals surface area contributed by atoms with E-state index in [1.54, 1.807) is 0 Å². The number of aliphatic hydroxyl groups excluding tert-OH is 1. The summed E-state index contributed by atoms with van der Waals surface area (Å²) in [5, 5.41) is 13.0. The molecule has 18 heavy (non-hydrogen) atoms. The standard InChI is InChI=1S/C14H28N2O2/c17-14(12-18-11-13-4-5-13)10-15-6-3-9-16-7-1-2-8-16/h13-15,17H,1-12H2. The van der Waals surface area contributed by atoms with Crippen molar-refractivity contribution in [3.05, 3.63) is 0 Å². The highest BCUT2D eigenvalue weighted by Crippen LogP contribution is 2.28. The van der Waals surface area contributed by atoms with Gasteiger partial charge in [0, 0.05) is 13.2 Å². The first kappa shape index (κ1) is 14.3. The number of aliphatic hydroxyl groups is 1. The largest absolute Gasteiger partial charge is 0.389 e. The van der Waals surface area contributed by atoms with Crippen molar-refractivity contribution in [2.45, 2.75) is 38.2 Å². The molecule has 2 fully saturated rings. The number of hydrogen-bond donors (Lipinski definition) is 2. The van der Waals surface area contributed by atoms with Crippen LogP contribution in [0.25, 0.3) is 0 Å². The van der Waals surface area contributed by atoms with Gasteiger partial charge in [0.2, 0.25) is 0 Å². The van der Waals surface area contributed by atoms with Crippen molar-refractivity contribution in [3.63, 3.8) is 0 Å². The lowest BCUT2D eigenvalue weighted by Gasteiger charge is -2.15. The van der Waals surface area contributed by atoms with Crippen molar-refractivity contribution < 1.29 is 9.84 Å². The molecular formula is C14H28N2O2. The van der Waals surface area contributed by atoms with Gasteiger partial charge in [-0.25, -0.2) is 0 Å². The predicted molar refractivity (Wildman–Crippen MR) is 72.7 cm³/mol. The highest BCUT2D eigenvalue weighted by atomic mass is 16.5. The van der Waals surface area contributed by atoms with E-state index in [4.69, 9.17) is 4.74 Å². The summed E-state index contributed by atoms with van der Waals surface area (Å²) in [6.45, 7) is 6.72. The van der Waals surface area contributed by atoms with Gasteiger partial charge in [0.05, 0.1) is 12.7 Å². The second kappa shape index (κ2) is 8.10. The van der Waals surface area contributed by atoms with E-state index in [-0.39, 0.29) is 6.10 Å². The topological polar surface area (TPSA) is 44.7 Å². The fourth-order valence-electron chi connectivity index (χ4n) is 2.42. The van der Waals surface area contributed by atoms with Crippen LogP contribution in [-0.4, -0.2) is 62.0 Å². The summed E-state index contributed by atoms with van der Waals surface area (Å²) in [6.07, 6.45) is 6.18. The summed E-state index contributed by atoms with van der Waals surface area (Å²) >= 11 is 0. The van der Waals surface area contributed by atoms with Gasteiger partial charge in [0.1, 0.15) is 0 Å². The number of likely N-dealkylation sites (tertiary alicyclic amines) is 1. The number of rotatable bonds is 10. The minimum absolute atomic E-state index is 0.351. The molecule has 1 saturated heterocycles. The summed E-state index contributed by atoms with van der Waals surface area (Å²) in [5.74, 6) is 0.783. The van der Waals surface area contributed by atoms with E-state index in [9.17, 15) is 5.11 Å². The second-order valence-electron chi connectivity index (χ2n) is 5.74. The Labute approximate surface area is 111 Å². The van der Waals surface area contributed by atoms with Crippen LogP contribution in [-0.2, 0) is 4.74 Å². The van der Waals surface area contributed by atoms with Crippen molar-refractivity contribution in [1.82, 2.24) is 10.2 Å². The quantitative estimate of drug-likeness (QED) is 0.569. The van der Waals surface area contributed by atoms with Crippen LogP contribution in [0.15, 0.2) is 0 Å². The first-order valence-electron chi connectivity index (χ1n) is 7.53. The summed E-state index contributed by atoms with van der Waals surface area (Å²) in [6, 6.07) is 0. The molecule has 0 bridgehead atoms.